The van der Waals surface area contributed by atoms with Crippen LogP contribution in [0.15, 0.2) is 97.1 Å². The Hall–Kier alpha value is -3.38. The standard InChI is InChI=1S/C23H26N2O.C12H18N2/c1-26-23-10-8-19-15-22(9-7-20(19)16-23)24-21-11-13-25(14-12-21)17-18-5-3-2-4-6-18;13-12-6-8-14(9-7-12)10-11-4-2-1-3-5-11/h2-10,15-16,21,24H,11-14,17H2,1H3;1-5,12H,6-10,13H2. The maximum Gasteiger partial charge on any atom is 0.119 e. The van der Waals surface area contributed by atoms with Crippen LogP contribution in [0.3, 0.4) is 0 Å². The zero-order valence-corrected chi connectivity index (χ0v) is 23.8. The molecule has 0 amide bonds. The molecule has 2 fully saturated rings. The highest BCUT2D eigenvalue weighted by Gasteiger charge is 2.19. The van der Waals surface area contributed by atoms with Crippen LogP contribution < -0.4 is 15.8 Å². The maximum absolute atomic E-state index is 5.86. The van der Waals surface area contributed by atoms with Crippen molar-refractivity contribution in [1.29, 1.82) is 0 Å². The Morgan fingerprint density at radius 3 is 1.77 bits per heavy atom. The molecular weight excluding hydrogens is 492 g/mol. The Labute approximate surface area is 239 Å². The third kappa shape index (κ3) is 8.31. The number of hydrogen-bond acceptors (Lipinski definition) is 5. The summed E-state index contributed by atoms with van der Waals surface area (Å²) in [6, 6.07) is 35.2. The van der Waals surface area contributed by atoms with Crippen molar-refractivity contribution < 1.29 is 4.74 Å². The van der Waals surface area contributed by atoms with Crippen molar-refractivity contribution in [2.75, 3.05) is 38.6 Å². The van der Waals surface area contributed by atoms with E-state index in [9.17, 15) is 0 Å². The van der Waals surface area contributed by atoms with Gasteiger partial charge in [-0.15, -0.1) is 0 Å². The Balaban J connectivity index is 0.000000194. The summed E-state index contributed by atoms with van der Waals surface area (Å²) >= 11 is 0. The third-order valence-corrected chi connectivity index (χ3v) is 8.14. The summed E-state index contributed by atoms with van der Waals surface area (Å²) in [5, 5.41) is 6.19. The minimum Gasteiger partial charge on any atom is -0.497 e. The van der Waals surface area contributed by atoms with Crippen LogP contribution in [0.25, 0.3) is 10.8 Å². The van der Waals surface area contributed by atoms with Gasteiger partial charge < -0.3 is 15.8 Å². The summed E-state index contributed by atoms with van der Waals surface area (Å²) in [5.74, 6) is 0.906. The number of hydrogen-bond donors (Lipinski definition) is 2. The van der Waals surface area contributed by atoms with E-state index in [0.717, 1.165) is 57.9 Å². The van der Waals surface area contributed by atoms with Crippen LogP contribution in [0.1, 0.15) is 36.8 Å². The van der Waals surface area contributed by atoms with Gasteiger partial charge in [-0.25, -0.2) is 0 Å². The normalized spacial score (nSPS) is 17.2. The maximum atomic E-state index is 5.86. The molecule has 0 atom stereocenters. The molecule has 6 rings (SSSR count). The van der Waals surface area contributed by atoms with Crippen LogP contribution >= 0.6 is 0 Å². The number of methoxy groups -OCH3 is 1. The Bertz CT molecular complexity index is 1300. The summed E-state index contributed by atoms with van der Waals surface area (Å²) in [6.07, 6.45) is 4.67. The summed E-state index contributed by atoms with van der Waals surface area (Å²) in [6.45, 7) is 6.74. The molecule has 5 nitrogen and oxygen atoms in total. The highest BCUT2D eigenvalue weighted by Crippen LogP contribution is 2.25. The highest BCUT2D eigenvalue weighted by molar-refractivity contribution is 5.87. The molecule has 210 valence electrons. The molecule has 0 aromatic heterocycles. The van der Waals surface area contributed by atoms with Gasteiger partial charge in [-0.2, -0.15) is 0 Å². The number of ether oxygens (including phenoxy) is 1. The Morgan fingerprint density at radius 1 is 0.675 bits per heavy atom. The molecule has 0 saturated carbocycles. The van der Waals surface area contributed by atoms with E-state index in [1.807, 2.05) is 6.07 Å². The van der Waals surface area contributed by atoms with Gasteiger partial charge in [-0.3, -0.25) is 9.80 Å². The Kier molecular flexibility index (Phi) is 10.1. The lowest BCUT2D eigenvalue weighted by Gasteiger charge is -2.33. The Morgan fingerprint density at radius 2 is 1.20 bits per heavy atom. The van der Waals surface area contributed by atoms with Gasteiger partial charge in [0.25, 0.3) is 0 Å². The lowest BCUT2D eigenvalue weighted by atomic mass is 10.0. The predicted octanol–water partition coefficient (Wildman–Crippen LogP) is 6.53. The van der Waals surface area contributed by atoms with Crippen LogP contribution in [0.2, 0.25) is 0 Å². The molecule has 40 heavy (non-hydrogen) atoms. The van der Waals surface area contributed by atoms with Crippen LogP contribution in [-0.2, 0) is 13.1 Å². The van der Waals surface area contributed by atoms with Gasteiger partial charge in [0.2, 0.25) is 0 Å². The fourth-order valence-electron chi connectivity index (χ4n) is 5.71. The number of likely N-dealkylation sites (tertiary alicyclic amines) is 2. The summed E-state index contributed by atoms with van der Waals surface area (Å²) < 4.78 is 5.31. The van der Waals surface area contributed by atoms with Crippen molar-refractivity contribution in [1.82, 2.24) is 9.80 Å². The molecular formula is C35H44N4O. The fraction of sp³-hybridized carbons (Fsp3) is 0.371. The van der Waals surface area contributed by atoms with Gasteiger partial charge in [-0.05, 0) is 84.9 Å². The smallest absolute Gasteiger partial charge is 0.119 e. The van der Waals surface area contributed by atoms with Gasteiger partial charge in [0.1, 0.15) is 5.75 Å². The molecule has 5 heteroatoms. The molecule has 2 aliphatic rings. The zero-order chi connectivity index (χ0) is 27.6. The number of nitrogens with zero attached hydrogens (tertiary/aromatic N) is 2. The number of benzene rings is 4. The number of fused-ring (bicyclic) bond motifs is 1. The second-order valence-electron chi connectivity index (χ2n) is 11.2. The number of nitrogens with one attached hydrogen (secondary N) is 1. The summed E-state index contributed by atoms with van der Waals surface area (Å²) in [4.78, 5) is 5.04. The van der Waals surface area contributed by atoms with Gasteiger partial charge in [0, 0.05) is 44.0 Å². The summed E-state index contributed by atoms with van der Waals surface area (Å²) in [5.41, 5.74) is 9.89. The van der Waals surface area contributed by atoms with Crippen molar-refractivity contribution >= 4 is 16.5 Å². The van der Waals surface area contributed by atoms with E-state index in [0.29, 0.717) is 12.1 Å². The van der Waals surface area contributed by atoms with E-state index < -0.39 is 0 Å². The molecule has 2 saturated heterocycles. The van der Waals surface area contributed by atoms with E-state index in [1.54, 1.807) is 7.11 Å². The largest absolute Gasteiger partial charge is 0.497 e. The van der Waals surface area contributed by atoms with E-state index in [4.69, 9.17) is 10.5 Å². The van der Waals surface area contributed by atoms with Gasteiger partial charge in [0.15, 0.2) is 0 Å². The van der Waals surface area contributed by atoms with E-state index in [2.05, 4.69) is 106 Å². The zero-order valence-electron chi connectivity index (χ0n) is 23.8. The first-order valence-electron chi connectivity index (χ1n) is 14.8. The number of anilines is 1. The first-order valence-corrected chi connectivity index (χ1v) is 14.8. The molecule has 4 aromatic carbocycles. The quantitative estimate of drug-likeness (QED) is 0.281. The van der Waals surface area contributed by atoms with Gasteiger partial charge in [-0.1, -0.05) is 72.8 Å². The minimum atomic E-state index is 0.432. The van der Waals surface area contributed by atoms with Crippen molar-refractivity contribution in [3.63, 3.8) is 0 Å². The average Bonchev–Trinajstić information content (AvgIpc) is 3.00. The molecule has 2 aliphatic heterocycles. The number of nitrogens with two attached hydrogens (primary N) is 1. The molecule has 4 aromatic rings. The topological polar surface area (TPSA) is 53.8 Å². The van der Waals surface area contributed by atoms with Crippen molar-refractivity contribution in [2.45, 2.75) is 50.9 Å². The SMILES string of the molecule is COc1ccc2cc(NC3CCN(Cc4ccccc4)CC3)ccc2c1.NC1CCN(Cc2ccccc2)CC1. The molecule has 0 unspecified atom stereocenters. The molecule has 0 radical (unpaired) electrons. The molecule has 0 bridgehead atoms. The first kappa shape index (κ1) is 28.2. The third-order valence-electron chi connectivity index (χ3n) is 8.14. The number of rotatable bonds is 7. The summed E-state index contributed by atoms with van der Waals surface area (Å²) in [7, 11) is 1.71. The molecule has 3 N–H and O–H groups in total. The van der Waals surface area contributed by atoms with Crippen LogP contribution in [0.5, 0.6) is 5.75 Å². The minimum absolute atomic E-state index is 0.432. The average molecular weight is 537 g/mol. The predicted molar refractivity (Wildman–Crippen MR) is 168 cm³/mol. The van der Waals surface area contributed by atoms with E-state index in [1.165, 1.54) is 40.4 Å². The van der Waals surface area contributed by atoms with E-state index in [-0.39, 0.29) is 0 Å². The van der Waals surface area contributed by atoms with Crippen molar-refractivity contribution in [2.24, 2.45) is 5.73 Å². The van der Waals surface area contributed by atoms with Crippen LogP contribution in [0, 0.1) is 0 Å². The van der Waals surface area contributed by atoms with Gasteiger partial charge >= 0.3 is 0 Å². The molecule has 0 aliphatic carbocycles. The second-order valence-corrected chi connectivity index (χ2v) is 11.2. The first-order chi connectivity index (χ1) is 19.6. The van der Waals surface area contributed by atoms with Crippen LogP contribution in [-0.4, -0.2) is 55.2 Å². The number of piperidine rings is 2. The van der Waals surface area contributed by atoms with Crippen molar-refractivity contribution in [3.05, 3.63) is 108 Å². The van der Waals surface area contributed by atoms with Crippen molar-refractivity contribution in [3.8, 4) is 5.75 Å². The molecule has 2 heterocycles. The second kappa shape index (κ2) is 14.3. The van der Waals surface area contributed by atoms with Gasteiger partial charge in [0.05, 0.1) is 7.11 Å². The fourth-order valence-corrected chi connectivity index (χ4v) is 5.71. The van der Waals surface area contributed by atoms with Crippen LogP contribution in [0.4, 0.5) is 5.69 Å². The lowest BCUT2D eigenvalue weighted by Crippen LogP contribution is -2.39. The highest BCUT2D eigenvalue weighted by atomic mass is 16.5. The molecule has 0 spiro atoms. The lowest BCUT2D eigenvalue weighted by molar-refractivity contribution is 0.205. The monoisotopic (exact) mass is 536 g/mol. The van der Waals surface area contributed by atoms with E-state index >= 15 is 0 Å².